The topological polar surface area (TPSA) is 78.0 Å². The number of hydrogen-bond donors (Lipinski definition) is 3. The summed E-state index contributed by atoms with van der Waals surface area (Å²) >= 11 is 2.13. The molecule has 0 aliphatic rings. The number of thiazole rings is 1. The summed E-state index contributed by atoms with van der Waals surface area (Å²) in [6, 6.07) is 6.99. The van der Waals surface area contributed by atoms with Crippen molar-refractivity contribution in [3.8, 4) is 0 Å². The fraction of sp³-hybridized carbons (Fsp3) is 0.429. The van der Waals surface area contributed by atoms with Gasteiger partial charge in [-0.2, -0.15) is 13.2 Å². The van der Waals surface area contributed by atoms with E-state index in [1.165, 1.54) is 23.9 Å². The first-order chi connectivity index (χ1) is 14.6. The number of nitrogens with zero attached hydrogens (tertiary/aromatic N) is 1. The van der Waals surface area contributed by atoms with Gasteiger partial charge in [0.1, 0.15) is 15.4 Å². The Morgan fingerprint density at radius 2 is 1.97 bits per heavy atom. The number of alkyl halides is 3. The second-order valence-corrected chi connectivity index (χ2v) is 10.0. The number of aliphatic hydroxyl groups excluding tert-OH is 1. The third-order valence-corrected chi connectivity index (χ3v) is 6.55. The smallest absolute Gasteiger partial charge is 0.394 e. The zero-order chi connectivity index (χ0) is 22.8. The van der Waals surface area contributed by atoms with Crippen LogP contribution in [0.15, 0.2) is 40.2 Å². The standard InChI is InChI=1S/C21H24F3N3O2S2/c1-11(2)8-13(10-28)25-16-9-17(26-19-18(16)27-20(29)31-19)30-12(3)14-6-4-5-7-15(14)21(22,23)24/h4-7,9,11-13,28H,8,10H2,1-3H3,(H,25,26)(H,27,29)/t12?,13-/m1/s1. The number of aliphatic hydroxyl groups is 1. The van der Waals surface area contributed by atoms with Crippen molar-refractivity contribution in [1.82, 2.24) is 9.97 Å². The number of aromatic nitrogens is 2. The number of nitrogens with one attached hydrogen (secondary N) is 2. The first-order valence-electron chi connectivity index (χ1n) is 9.82. The molecule has 0 spiro atoms. The van der Waals surface area contributed by atoms with Gasteiger partial charge in [-0.15, -0.1) is 0 Å². The minimum Gasteiger partial charge on any atom is -0.394 e. The summed E-state index contributed by atoms with van der Waals surface area (Å²) in [7, 11) is 0. The number of aromatic amines is 1. The van der Waals surface area contributed by atoms with Crippen molar-refractivity contribution in [2.75, 3.05) is 11.9 Å². The fourth-order valence-electron chi connectivity index (χ4n) is 3.41. The Morgan fingerprint density at radius 3 is 2.61 bits per heavy atom. The van der Waals surface area contributed by atoms with Crippen molar-refractivity contribution in [2.45, 2.75) is 49.7 Å². The van der Waals surface area contributed by atoms with Crippen LogP contribution in [0.25, 0.3) is 10.3 Å². The van der Waals surface area contributed by atoms with Crippen molar-refractivity contribution in [3.63, 3.8) is 0 Å². The molecule has 0 saturated carbocycles. The second kappa shape index (κ2) is 9.62. The Hall–Kier alpha value is -2.04. The van der Waals surface area contributed by atoms with Crippen LogP contribution >= 0.6 is 23.1 Å². The maximum atomic E-state index is 13.4. The Balaban J connectivity index is 1.96. The molecule has 2 atom stereocenters. The molecule has 0 amide bonds. The number of thioether (sulfide) groups is 1. The zero-order valence-corrected chi connectivity index (χ0v) is 18.9. The van der Waals surface area contributed by atoms with E-state index in [2.05, 4.69) is 15.3 Å². The number of halogens is 3. The van der Waals surface area contributed by atoms with Gasteiger partial charge in [0.25, 0.3) is 0 Å². The van der Waals surface area contributed by atoms with Crippen LogP contribution in [0.2, 0.25) is 0 Å². The van der Waals surface area contributed by atoms with Crippen molar-refractivity contribution in [1.29, 1.82) is 0 Å². The molecule has 0 fully saturated rings. The molecule has 0 radical (unpaired) electrons. The molecular formula is C21H24F3N3O2S2. The first-order valence-corrected chi connectivity index (χ1v) is 11.5. The summed E-state index contributed by atoms with van der Waals surface area (Å²) in [4.78, 5) is 19.3. The van der Waals surface area contributed by atoms with Gasteiger partial charge in [0.05, 0.1) is 17.9 Å². The summed E-state index contributed by atoms with van der Waals surface area (Å²) in [5.74, 6) is 0.344. The van der Waals surface area contributed by atoms with E-state index in [1.54, 1.807) is 19.1 Å². The van der Waals surface area contributed by atoms with Gasteiger partial charge in [-0.05, 0) is 37.0 Å². The summed E-state index contributed by atoms with van der Waals surface area (Å²) in [6.07, 6.45) is -3.73. The van der Waals surface area contributed by atoms with Gasteiger partial charge >= 0.3 is 11.0 Å². The van der Waals surface area contributed by atoms with Crippen LogP contribution in [0.5, 0.6) is 0 Å². The van der Waals surface area contributed by atoms with E-state index in [-0.39, 0.29) is 23.1 Å². The molecule has 2 aromatic heterocycles. The van der Waals surface area contributed by atoms with E-state index in [0.29, 0.717) is 33.4 Å². The first kappa shape index (κ1) is 23.6. The molecule has 0 bridgehead atoms. The van der Waals surface area contributed by atoms with Gasteiger partial charge in [0.15, 0.2) is 0 Å². The lowest BCUT2D eigenvalue weighted by atomic mass is 10.0. The Morgan fingerprint density at radius 1 is 1.26 bits per heavy atom. The normalized spacial score (nSPS) is 14.2. The average molecular weight is 472 g/mol. The molecule has 10 heteroatoms. The third kappa shape index (κ3) is 5.81. The molecule has 1 aromatic carbocycles. The molecule has 3 N–H and O–H groups in total. The monoisotopic (exact) mass is 471 g/mol. The summed E-state index contributed by atoms with van der Waals surface area (Å²) in [5.41, 5.74) is 0.636. The summed E-state index contributed by atoms with van der Waals surface area (Å²) < 4.78 is 40.2. The molecule has 5 nitrogen and oxygen atoms in total. The molecule has 2 heterocycles. The van der Waals surface area contributed by atoms with Gasteiger partial charge in [0.2, 0.25) is 0 Å². The number of hydrogen-bond acceptors (Lipinski definition) is 6. The third-order valence-electron chi connectivity index (χ3n) is 4.72. The van der Waals surface area contributed by atoms with Crippen LogP contribution < -0.4 is 10.2 Å². The number of rotatable bonds is 8. The predicted octanol–water partition coefficient (Wildman–Crippen LogP) is 5.68. The van der Waals surface area contributed by atoms with Crippen molar-refractivity contribution in [2.24, 2.45) is 5.92 Å². The van der Waals surface area contributed by atoms with Crippen LogP contribution in [-0.2, 0) is 6.18 Å². The van der Waals surface area contributed by atoms with Crippen LogP contribution in [0.1, 0.15) is 43.6 Å². The van der Waals surface area contributed by atoms with Crippen molar-refractivity contribution < 1.29 is 18.3 Å². The lowest BCUT2D eigenvalue weighted by Gasteiger charge is -2.21. The van der Waals surface area contributed by atoms with Crippen molar-refractivity contribution >= 4 is 39.1 Å². The van der Waals surface area contributed by atoms with Crippen LogP contribution in [0, 0.1) is 5.92 Å². The lowest BCUT2D eigenvalue weighted by Crippen LogP contribution is -2.25. The highest BCUT2D eigenvalue weighted by Crippen LogP contribution is 2.42. The maximum Gasteiger partial charge on any atom is 0.416 e. The van der Waals surface area contributed by atoms with Gasteiger partial charge in [0, 0.05) is 11.3 Å². The van der Waals surface area contributed by atoms with E-state index >= 15 is 0 Å². The van der Waals surface area contributed by atoms with E-state index in [9.17, 15) is 23.1 Å². The molecule has 0 saturated heterocycles. The van der Waals surface area contributed by atoms with Gasteiger partial charge < -0.3 is 15.4 Å². The number of anilines is 1. The van der Waals surface area contributed by atoms with E-state index in [0.717, 1.165) is 17.4 Å². The fourth-order valence-corrected chi connectivity index (χ4v) is 5.22. The Labute approximate surface area is 186 Å². The second-order valence-electron chi connectivity index (χ2n) is 7.70. The van der Waals surface area contributed by atoms with Crippen molar-refractivity contribution in [3.05, 3.63) is 51.1 Å². The largest absolute Gasteiger partial charge is 0.416 e. The van der Waals surface area contributed by atoms with Crippen LogP contribution in [-0.4, -0.2) is 27.7 Å². The van der Waals surface area contributed by atoms with Gasteiger partial charge in [-0.3, -0.25) is 4.79 Å². The van der Waals surface area contributed by atoms with E-state index < -0.39 is 17.0 Å². The number of H-pyrrole nitrogens is 1. The molecule has 168 valence electrons. The van der Waals surface area contributed by atoms with Crippen LogP contribution in [0.4, 0.5) is 18.9 Å². The highest BCUT2D eigenvalue weighted by Gasteiger charge is 2.34. The summed E-state index contributed by atoms with van der Waals surface area (Å²) in [5, 5.41) is 13.0. The molecule has 3 rings (SSSR count). The molecule has 31 heavy (non-hydrogen) atoms. The quantitative estimate of drug-likeness (QED) is 0.369. The average Bonchev–Trinajstić information content (AvgIpc) is 3.06. The number of benzene rings is 1. The maximum absolute atomic E-state index is 13.4. The lowest BCUT2D eigenvalue weighted by molar-refractivity contribution is -0.138. The van der Waals surface area contributed by atoms with Gasteiger partial charge in [-0.1, -0.05) is 55.1 Å². The molecule has 0 aliphatic carbocycles. The Bertz CT molecular complexity index is 1100. The minimum atomic E-state index is -4.44. The van der Waals surface area contributed by atoms with Crippen LogP contribution in [0.3, 0.4) is 0 Å². The van der Waals surface area contributed by atoms with Gasteiger partial charge in [-0.25, -0.2) is 4.98 Å². The Kier molecular flexibility index (Phi) is 7.33. The van der Waals surface area contributed by atoms with E-state index in [1.807, 2.05) is 13.8 Å². The van der Waals surface area contributed by atoms with E-state index in [4.69, 9.17) is 0 Å². The molecular weight excluding hydrogens is 447 g/mol. The number of pyridine rings is 1. The molecule has 0 aliphatic heterocycles. The zero-order valence-electron chi connectivity index (χ0n) is 17.3. The SMILES string of the molecule is CC(C)C[C@H](CO)Nc1cc(SC(C)c2ccccc2C(F)(F)F)nc2sc(=O)[nH]c12. The predicted molar refractivity (Wildman–Crippen MR) is 120 cm³/mol. The highest BCUT2D eigenvalue weighted by atomic mass is 32.2. The summed E-state index contributed by atoms with van der Waals surface area (Å²) in [6.45, 7) is 5.69. The number of fused-ring (bicyclic) bond motifs is 1. The molecule has 1 unspecified atom stereocenters. The minimum absolute atomic E-state index is 0.0891. The molecule has 3 aromatic rings. The highest BCUT2D eigenvalue weighted by molar-refractivity contribution is 7.99.